The van der Waals surface area contributed by atoms with E-state index in [2.05, 4.69) is 23.7 Å². The van der Waals surface area contributed by atoms with E-state index in [1.54, 1.807) is 6.20 Å². The first-order valence-electron chi connectivity index (χ1n) is 5.14. The summed E-state index contributed by atoms with van der Waals surface area (Å²) in [6, 6.07) is 3.68. The van der Waals surface area contributed by atoms with Crippen LogP contribution in [0.15, 0.2) is 54.8 Å². The number of aliphatic hydroxyl groups excluding tert-OH is 1. The third kappa shape index (κ3) is 2.48. The molecule has 0 bridgehead atoms. The summed E-state index contributed by atoms with van der Waals surface area (Å²) in [5.41, 5.74) is 2.77. The predicted molar refractivity (Wildman–Crippen MR) is 66.8 cm³/mol. The van der Waals surface area contributed by atoms with Crippen LogP contribution in [0.5, 0.6) is 0 Å². The number of pyridine rings is 1. The highest BCUT2D eigenvalue weighted by Crippen LogP contribution is 2.15. The first-order chi connectivity index (χ1) is 7.75. The lowest BCUT2D eigenvalue weighted by molar-refractivity contribution is 0.513. The normalized spacial score (nSPS) is 16.6. The zero-order chi connectivity index (χ0) is 11.4. The number of allylic oxidation sites excluding steroid dienone is 5. The van der Waals surface area contributed by atoms with E-state index < -0.39 is 0 Å². The Kier molecular flexibility index (Phi) is 3.01. The Morgan fingerprint density at radius 3 is 2.81 bits per heavy atom. The molecule has 1 aromatic rings. The SMILES string of the molecule is C=C(O)c1ccc(C=C2C=CC=CC2)nc1. The van der Waals surface area contributed by atoms with Gasteiger partial charge in [0.25, 0.3) is 0 Å². The highest BCUT2D eigenvalue weighted by molar-refractivity contribution is 5.59. The van der Waals surface area contributed by atoms with E-state index in [9.17, 15) is 0 Å². The quantitative estimate of drug-likeness (QED) is 0.759. The Bertz CT molecular complexity index is 478. The summed E-state index contributed by atoms with van der Waals surface area (Å²) < 4.78 is 0. The summed E-state index contributed by atoms with van der Waals surface area (Å²) in [5, 5.41) is 9.17. The van der Waals surface area contributed by atoms with Crippen LogP contribution in [-0.4, -0.2) is 10.1 Å². The Labute approximate surface area is 95.0 Å². The average molecular weight is 211 g/mol. The molecule has 0 fully saturated rings. The van der Waals surface area contributed by atoms with Crippen LogP contribution in [0.2, 0.25) is 0 Å². The molecule has 0 unspecified atom stereocenters. The molecule has 0 aromatic carbocycles. The molecule has 2 rings (SSSR count). The zero-order valence-corrected chi connectivity index (χ0v) is 8.93. The molecule has 1 aliphatic carbocycles. The summed E-state index contributed by atoms with van der Waals surface area (Å²) in [4.78, 5) is 4.24. The minimum absolute atomic E-state index is 0.0483. The summed E-state index contributed by atoms with van der Waals surface area (Å²) in [6.45, 7) is 3.45. The van der Waals surface area contributed by atoms with Crippen LogP contribution in [0.3, 0.4) is 0 Å². The Morgan fingerprint density at radius 2 is 2.25 bits per heavy atom. The maximum absolute atomic E-state index is 9.17. The van der Waals surface area contributed by atoms with Crippen molar-refractivity contribution < 1.29 is 5.11 Å². The molecule has 1 heterocycles. The molecule has 0 saturated heterocycles. The van der Waals surface area contributed by atoms with Crippen LogP contribution >= 0.6 is 0 Å². The highest BCUT2D eigenvalue weighted by atomic mass is 16.3. The van der Waals surface area contributed by atoms with Gasteiger partial charge in [-0.05, 0) is 30.2 Å². The second-order valence-corrected chi connectivity index (χ2v) is 3.63. The van der Waals surface area contributed by atoms with Crippen molar-refractivity contribution in [2.45, 2.75) is 6.42 Å². The van der Waals surface area contributed by atoms with E-state index in [1.165, 1.54) is 5.57 Å². The zero-order valence-electron chi connectivity index (χ0n) is 8.93. The van der Waals surface area contributed by atoms with Crippen molar-refractivity contribution in [2.24, 2.45) is 0 Å². The predicted octanol–water partition coefficient (Wildman–Crippen LogP) is 3.51. The highest BCUT2D eigenvalue weighted by Gasteiger charge is 1.98. The van der Waals surface area contributed by atoms with Crippen LogP contribution in [0.25, 0.3) is 11.8 Å². The first kappa shape index (κ1) is 10.4. The van der Waals surface area contributed by atoms with E-state index in [1.807, 2.05) is 30.4 Å². The maximum Gasteiger partial charge on any atom is 0.117 e. The van der Waals surface area contributed by atoms with Gasteiger partial charge in [-0.3, -0.25) is 4.98 Å². The lowest BCUT2D eigenvalue weighted by Crippen LogP contribution is -1.87. The number of aliphatic hydroxyl groups is 1. The third-order valence-electron chi connectivity index (χ3n) is 2.36. The molecule has 0 aliphatic heterocycles. The molecular weight excluding hydrogens is 198 g/mol. The Balaban J connectivity index is 2.19. The molecule has 2 heteroatoms. The number of hydrogen-bond acceptors (Lipinski definition) is 2. The van der Waals surface area contributed by atoms with Crippen molar-refractivity contribution in [1.29, 1.82) is 0 Å². The van der Waals surface area contributed by atoms with Crippen molar-refractivity contribution in [3.05, 3.63) is 66.0 Å². The summed E-state index contributed by atoms with van der Waals surface area (Å²) in [5.74, 6) is 0.0483. The van der Waals surface area contributed by atoms with Crippen LogP contribution in [0.1, 0.15) is 17.7 Å². The average Bonchev–Trinajstić information content (AvgIpc) is 2.31. The van der Waals surface area contributed by atoms with E-state index in [0.29, 0.717) is 5.56 Å². The Morgan fingerprint density at radius 1 is 1.38 bits per heavy atom. The summed E-state index contributed by atoms with van der Waals surface area (Å²) >= 11 is 0. The largest absolute Gasteiger partial charge is 0.508 e. The van der Waals surface area contributed by atoms with Gasteiger partial charge in [-0.25, -0.2) is 0 Å². The number of rotatable bonds is 2. The number of aromatic nitrogens is 1. The van der Waals surface area contributed by atoms with Gasteiger partial charge >= 0.3 is 0 Å². The van der Waals surface area contributed by atoms with Gasteiger partial charge < -0.3 is 5.11 Å². The fourth-order valence-corrected chi connectivity index (χ4v) is 1.49. The molecule has 16 heavy (non-hydrogen) atoms. The standard InChI is InChI=1S/C14H13NO/c1-11(16)13-7-8-14(15-10-13)9-12-5-3-2-4-6-12/h2-5,7-10,16H,1,6H2. The first-order valence-corrected chi connectivity index (χ1v) is 5.14. The van der Waals surface area contributed by atoms with Crippen molar-refractivity contribution in [1.82, 2.24) is 4.98 Å². The number of nitrogens with zero attached hydrogens (tertiary/aromatic N) is 1. The van der Waals surface area contributed by atoms with Gasteiger partial charge in [0.1, 0.15) is 5.76 Å². The van der Waals surface area contributed by atoms with Gasteiger partial charge in [0, 0.05) is 11.8 Å². The maximum atomic E-state index is 9.17. The van der Waals surface area contributed by atoms with Crippen molar-refractivity contribution in [3.8, 4) is 0 Å². The molecule has 2 nitrogen and oxygen atoms in total. The third-order valence-corrected chi connectivity index (χ3v) is 2.36. The molecule has 0 atom stereocenters. The second-order valence-electron chi connectivity index (χ2n) is 3.63. The van der Waals surface area contributed by atoms with Crippen LogP contribution < -0.4 is 0 Å². The van der Waals surface area contributed by atoms with Gasteiger partial charge in [0.15, 0.2) is 0 Å². The molecule has 1 aromatic heterocycles. The lowest BCUT2D eigenvalue weighted by atomic mass is 10.1. The molecule has 1 N–H and O–H groups in total. The van der Waals surface area contributed by atoms with Crippen LogP contribution in [-0.2, 0) is 0 Å². The molecular formula is C14H13NO. The summed E-state index contributed by atoms with van der Waals surface area (Å²) in [7, 11) is 0. The van der Waals surface area contributed by atoms with Crippen LogP contribution in [0.4, 0.5) is 0 Å². The van der Waals surface area contributed by atoms with Gasteiger partial charge in [0.2, 0.25) is 0 Å². The molecule has 0 radical (unpaired) electrons. The van der Waals surface area contributed by atoms with E-state index >= 15 is 0 Å². The fraction of sp³-hybridized carbons (Fsp3) is 0.0714. The molecule has 80 valence electrons. The molecule has 1 aliphatic rings. The van der Waals surface area contributed by atoms with Gasteiger partial charge in [-0.2, -0.15) is 0 Å². The van der Waals surface area contributed by atoms with E-state index in [0.717, 1.165) is 12.1 Å². The second kappa shape index (κ2) is 4.62. The fourth-order valence-electron chi connectivity index (χ4n) is 1.49. The smallest absolute Gasteiger partial charge is 0.117 e. The van der Waals surface area contributed by atoms with Crippen molar-refractivity contribution in [3.63, 3.8) is 0 Å². The molecule has 0 saturated carbocycles. The lowest BCUT2D eigenvalue weighted by Gasteiger charge is -2.02. The van der Waals surface area contributed by atoms with Gasteiger partial charge in [0.05, 0.1) is 5.69 Å². The van der Waals surface area contributed by atoms with E-state index in [-0.39, 0.29) is 5.76 Å². The number of hydrogen-bond donors (Lipinski definition) is 1. The van der Waals surface area contributed by atoms with E-state index in [4.69, 9.17) is 5.11 Å². The Hall–Kier alpha value is -2.09. The van der Waals surface area contributed by atoms with Gasteiger partial charge in [-0.15, -0.1) is 0 Å². The minimum atomic E-state index is 0.0483. The van der Waals surface area contributed by atoms with Crippen molar-refractivity contribution in [2.75, 3.05) is 0 Å². The molecule has 0 spiro atoms. The molecule has 0 amide bonds. The minimum Gasteiger partial charge on any atom is -0.508 e. The monoisotopic (exact) mass is 211 g/mol. The summed E-state index contributed by atoms with van der Waals surface area (Å²) in [6.07, 6.45) is 12.8. The van der Waals surface area contributed by atoms with Gasteiger partial charge in [-0.1, -0.05) is 30.9 Å². The van der Waals surface area contributed by atoms with Crippen molar-refractivity contribution >= 4 is 11.8 Å². The topological polar surface area (TPSA) is 33.1 Å². The van der Waals surface area contributed by atoms with Crippen LogP contribution in [0, 0.1) is 0 Å².